The predicted octanol–water partition coefficient (Wildman–Crippen LogP) is 14.5. The molecule has 6 rings (SSSR count). The van der Waals surface area contributed by atoms with Gasteiger partial charge in [-0.25, -0.2) is 0 Å². The Morgan fingerprint density at radius 3 is 2.23 bits per heavy atom. The van der Waals surface area contributed by atoms with Crippen LogP contribution in [-0.4, -0.2) is 15.9 Å². The van der Waals surface area contributed by atoms with Gasteiger partial charge in [0.1, 0.15) is 0 Å². The third kappa shape index (κ3) is 9.75. The predicted molar refractivity (Wildman–Crippen MR) is 228 cm³/mol. The first kappa shape index (κ1) is 42.6. The zero-order valence-corrected chi connectivity index (χ0v) is 37.2. The molecular weight excluding hydrogens is 867 g/mol. The van der Waals surface area contributed by atoms with Gasteiger partial charge in [0, 0.05) is 53.3 Å². The maximum atomic E-state index is 11.7. The van der Waals surface area contributed by atoms with Crippen LogP contribution >= 0.6 is 22.7 Å². The summed E-state index contributed by atoms with van der Waals surface area (Å²) >= 11 is 3.70. The van der Waals surface area contributed by atoms with Crippen molar-refractivity contribution in [2.75, 3.05) is 0 Å². The van der Waals surface area contributed by atoms with Crippen molar-refractivity contribution in [2.45, 2.75) is 107 Å². The minimum Gasteiger partial charge on any atom is -0.512 e. The number of benzene rings is 3. The van der Waals surface area contributed by atoms with Gasteiger partial charge >= 0.3 is 0 Å². The number of thiophene rings is 2. The summed E-state index contributed by atoms with van der Waals surface area (Å²) in [5, 5.41) is 15.7. The van der Waals surface area contributed by atoms with E-state index in [0.717, 1.165) is 54.3 Å². The number of aliphatic hydroxyl groups excluding tert-OH is 1. The number of hydrogen-bond donors (Lipinski definition) is 1. The molecule has 0 aliphatic carbocycles. The summed E-state index contributed by atoms with van der Waals surface area (Å²) in [6.45, 7) is 21.8. The Hall–Kier alpha value is -3.15. The fraction of sp³-hybridized carbons (Fsp3) is 0.404. The topological polar surface area (TPSA) is 50.2 Å². The van der Waals surface area contributed by atoms with Crippen molar-refractivity contribution >= 4 is 59.5 Å². The summed E-state index contributed by atoms with van der Waals surface area (Å²) in [7, 11) is 0. The van der Waals surface area contributed by atoms with E-state index < -0.39 is 0 Å². The molecular formula is C47H56IrNO2S2-. The van der Waals surface area contributed by atoms with Crippen LogP contribution < -0.4 is 0 Å². The van der Waals surface area contributed by atoms with Gasteiger partial charge in [-0.1, -0.05) is 110 Å². The van der Waals surface area contributed by atoms with Crippen LogP contribution in [0, 0.1) is 30.7 Å². The molecule has 0 spiro atoms. The second-order valence-electron chi connectivity index (χ2n) is 15.5. The van der Waals surface area contributed by atoms with Gasteiger partial charge in [-0.05, 0) is 90.0 Å². The number of aromatic nitrogens is 1. The average Bonchev–Trinajstić information content (AvgIpc) is 3.71. The number of ketones is 1. The molecule has 6 heteroatoms. The van der Waals surface area contributed by atoms with Crippen LogP contribution in [0.5, 0.6) is 0 Å². The zero-order chi connectivity index (χ0) is 37.7. The molecule has 1 N–H and O–H groups in total. The van der Waals surface area contributed by atoms with Gasteiger partial charge in [0.25, 0.3) is 0 Å². The Kier molecular flexibility index (Phi) is 14.8. The molecule has 53 heavy (non-hydrogen) atoms. The number of carbonyl (C=O) groups excluding carboxylic acids is 1. The smallest absolute Gasteiger partial charge is 0.162 e. The Bertz CT molecular complexity index is 2190. The molecule has 6 aromatic rings. The average molecular weight is 923 g/mol. The Labute approximate surface area is 339 Å². The van der Waals surface area contributed by atoms with Crippen molar-refractivity contribution in [1.82, 2.24) is 4.98 Å². The van der Waals surface area contributed by atoms with Crippen LogP contribution in [0.2, 0.25) is 0 Å². The molecule has 3 aromatic carbocycles. The molecule has 3 nitrogen and oxygen atoms in total. The van der Waals surface area contributed by atoms with Crippen molar-refractivity contribution in [3.05, 3.63) is 99.9 Å². The molecule has 0 saturated heterocycles. The van der Waals surface area contributed by atoms with Crippen LogP contribution in [-0.2, 0) is 36.7 Å². The van der Waals surface area contributed by atoms with E-state index in [4.69, 9.17) is 4.98 Å². The van der Waals surface area contributed by atoms with Crippen LogP contribution in [0.25, 0.3) is 53.5 Å². The summed E-state index contributed by atoms with van der Waals surface area (Å²) in [6.07, 6.45) is 6.04. The maximum absolute atomic E-state index is 11.7. The van der Waals surface area contributed by atoms with Crippen LogP contribution in [0.15, 0.2) is 77.9 Å². The summed E-state index contributed by atoms with van der Waals surface area (Å²) < 4.78 is 2.62. The largest absolute Gasteiger partial charge is 0.512 e. The van der Waals surface area contributed by atoms with E-state index in [2.05, 4.69) is 114 Å². The van der Waals surface area contributed by atoms with Gasteiger partial charge in [0.05, 0.1) is 16.0 Å². The van der Waals surface area contributed by atoms with Crippen molar-refractivity contribution in [3.63, 3.8) is 0 Å². The Balaban J connectivity index is 0.000000335. The number of nitrogens with zero attached hydrogens (tertiary/aromatic N) is 1. The summed E-state index contributed by atoms with van der Waals surface area (Å²) in [6, 6.07) is 26.1. The summed E-state index contributed by atoms with van der Waals surface area (Å²) in [5.41, 5.74) is 8.49. The minimum atomic E-state index is 0. The second kappa shape index (κ2) is 18.5. The van der Waals surface area contributed by atoms with Crippen molar-refractivity contribution < 1.29 is 30.0 Å². The maximum Gasteiger partial charge on any atom is 0.162 e. The number of aryl methyl sites for hydroxylation is 1. The quantitative estimate of drug-likeness (QED) is 0.0800. The zero-order valence-electron chi connectivity index (χ0n) is 33.1. The second-order valence-corrected chi connectivity index (χ2v) is 17.7. The van der Waals surface area contributed by atoms with E-state index >= 15 is 0 Å². The number of rotatable bonds is 11. The molecule has 0 fully saturated rings. The third-order valence-electron chi connectivity index (χ3n) is 10.3. The molecule has 0 unspecified atom stereocenters. The number of allylic oxidation sites excluding steroid dienone is 2. The van der Waals surface area contributed by atoms with Gasteiger partial charge in [-0.15, -0.1) is 51.8 Å². The number of hydrogen-bond acceptors (Lipinski definition) is 5. The molecule has 0 bridgehead atoms. The number of aliphatic hydroxyl groups is 1. The normalized spacial score (nSPS) is 12.2. The molecule has 0 amide bonds. The Morgan fingerprint density at radius 1 is 0.906 bits per heavy atom. The summed E-state index contributed by atoms with van der Waals surface area (Å²) in [5.74, 6) is 1.20. The van der Waals surface area contributed by atoms with Gasteiger partial charge in [0.15, 0.2) is 5.78 Å². The summed E-state index contributed by atoms with van der Waals surface area (Å²) in [4.78, 5) is 18.3. The fourth-order valence-corrected chi connectivity index (χ4v) is 9.18. The SMILES string of the molecule is CCC(CC)C(=O)/C=C(\O)C(CC)CC.Cc1sc2cc(-c3cc(-c4[c-]c5ccccc5c(C(C)(C)C)c4)nc4ccsc34)ccc2c1CC(C)C.[Ir]. The van der Waals surface area contributed by atoms with E-state index in [9.17, 15) is 9.90 Å². The van der Waals surface area contributed by atoms with Gasteiger partial charge in [0.2, 0.25) is 0 Å². The van der Waals surface area contributed by atoms with Crippen LogP contribution in [0.3, 0.4) is 0 Å². The third-order valence-corrected chi connectivity index (χ3v) is 12.3. The van der Waals surface area contributed by atoms with Crippen molar-refractivity contribution in [2.24, 2.45) is 17.8 Å². The first-order valence-corrected chi connectivity index (χ1v) is 20.8. The molecule has 0 aliphatic heterocycles. The van der Waals surface area contributed by atoms with Gasteiger partial charge in [-0.2, -0.15) is 0 Å². The van der Waals surface area contributed by atoms with Crippen molar-refractivity contribution in [1.29, 1.82) is 0 Å². The Morgan fingerprint density at radius 2 is 1.58 bits per heavy atom. The fourth-order valence-electron chi connectivity index (χ4n) is 7.18. The molecule has 3 aromatic heterocycles. The van der Waals surface area contributed by atoms with Crippen LogP contribution in [0.4, 0.5) is 0 Å². The van der Waals surface area contributed by atoms with Crippen molar-refractivity contribution in [3.8, 4) is 22.4 Å². The molecule has 0 atom stereocenters. The van der Waals surface area contributed by atoms with E-state index in [1.165, 1.54) is 53.4 Å². The molecule has 3 heterocycles. The van der Waals surface area contributed by atoms with Gasteiger partial charge in [-0.3, -0.25) is 9.78 Å². The monoisotopic (exact) mass is 923 g/mol. The number of fused-ring (bicyclic) bond motifs is 3. The van der Waals surface area contributed by atoms with E-state index in [-0.39, 0.29) is 48.9 Å². The molecule has 1 radical (unpaired) electrons. The number of carbonyl (C=O) groups is 1. The first-order valence-electron chi connectivity index (χ1n) is 19.1. The molecule has 0 saturated carbocycles. The molecule has 0 aliphatic rings. The first-order chi connectivity index (χ1) is 24.8. The van der Waals surface area contributed by atoms with Gasteiger partial charge < -0.3 is 5.11 Å². The molecule has 283 valence electrons. The standard InChI is InChI=1S/C34H32NS2.C13H24O2.Ir/c1-20(2)15-27-21(3)37-32-18-23(11-12-26(27)32)28-19-31(35-30-13-14-36-33(28)30)24-16-22-9-7-8-10-25(22)29(17-24)34(4,5)6;1-5-10(6-2)12(14)9-13(15)11(7-3)8-4;/h7-14,17-20H,15H2,1-6H3;9-11,14H,5-8H2,1-4H3;/q-1;;/b;12-9-;. The van der Waals surface area contributed by atoms with Crippen LogP contribution in [0.1, 0.15) is 104 Å². The number of pyridine rings is 1. The van der Waals surface area contributed by atoms with E-state index in [1.54, 1.807) is 11.3 Å². The van der Waals surface area contributed by atoms with E-state index in [0.29, 0.717) is 5.92 Å². The van der Waals surface area contributed by atoms with E-state index in [1.807, 2.05) is 39.0 Å². The minimum absolute atomic E-state index is 0.